The SMILES string of the molecule is Cn1c(-c2cccc(CC3CCC(C(=O)C4CCCCC4)CC3)c2)cc2ccccc21. The molecule has 0 radical (unpaired) electrons. The van der Waals surface area contributed by atoms with Crippen molar-refractivity contribution < 1.29 is 4.79 Å². The van der Waals surface area contributed by atoms with Crippen LogP contribution in [0.15, 0.2) is 54.6 Å². The largest absolute Gasteiger partial charge is 0.344 e. The second kappa shape index (κ2) is 9.02. The number of fused-ring (bicyclic) bond motifs is 1. The highest BCUT2D eigenvalue weighted by Gasteiger charge is 2.31. The number of Topliss-reactive ketones (excluding diaryl/α,β-unsaturated/α-hetero) is 1. The van der Waals surface area contributed by atoms with Crippen molar-refractivity contribution in [3.05, 3.63) is 60.2 Å². The Morgan fingerprint density at radius 2 is 1.58 bits per heavy atom. The molecule has 1 aromatic heterocycles. The van der Waals surface area contributed by atoms with E-state index in [1.54, 1.807) is 0 Å². The van der Waals surface area contributed by atoms with Gasteiger partial charge in [-0.15, -0.1) is 0 Å². The second-order valence-corrected chi connectivity index (χ2v) is 10.0. The van der Waals surface area contributed by atoms with E-state index in [1.807, 2.05) is 0 Å². The molecule has 1 heterocycles. The third-order valence-corrected chi connectivity index (χ3v) is 7.96. The Labute approximate surface area is 186 Å². The van der Waals surface area contributed by atoms with Gasteiger partial charge in [0.2, 0.25) is 0 Å². The minimum Gasteiger partial charge on any atom is -0.344 e. The van der Waals surface area contributed by atoms with E-state index in [1.165, 1.54) is 59.8 Å². The van der Waals surface area contributed by atoms with Gasteiger partial charge in [0.15, 0.2) is 0 Å². The molecule has 0 bridgehead atoms. The van der Waals surface area contributed by atoms with Crippen LogP contribution in [-0.4, -0.2) is 10.4 Å². The molecule has 0 aliphatic heterocycles. The number of aromatic nitrogens is 1. The molecule has 2 saturated carbocycles. The van der Waals surface area contributed by atoms with Crippen LogP contribution < -0.4 is 0 Å². The molecule has 2 aromatic carbocycles. The van der Waals surface area contributed by atoms with Crippen LogP contribution in [-0.2, 0) is 18.3 Å². The molecule has 0 N–H and O–H groups in total. The Morgan fingerprint density at radius 1 is 0.839 bits per heavy atom. The zero-order chi connectivity index (χ0) is 21.2. The van der Waals surface area contributed by atoms with Gasteiger partial charge in [0.1, 0.15) is 5.78 Å². The van der Waals surface area contributed by atoms with E-state index in [0.29, 0.717) is 17.6 Å². The fourth-order valence-corrected chi connectivity index (χ4v) is 6.13. The summed E-state index contributed by atoms with van der Waals surface area (Å²) in [6.07, 6.45) is 11.9. The number of carbonyl (C=O) groups is 1. The third-order valence-electron chi connectivity index (χ3n) is 7.96. The van der Waals surface area contributed by atoms with Crippen molar-refractivity contribution in [1.82, 2.24) is 4.57 Å². The number of carbonyl (C=O) groups excluding carboxylic acids is 1. The Morgan fingerprint density at radius 3 is 2.35 bits per heavy atom. The van der Waals surface area contributed by atoms with Gasteiger partial charge in [-0.05, 0) is 80.2 Å². The maximum atomic E-state index is 12.9. The summed E-state index contributed by atoms with van der Waals surface area (Å²) in [6.45, 7) is 0. The van der Waals surface area contributed by atoms with Crippen molar-refractivity contribution >= 4 is 16.7 Å². The van der Waals surface area contributed by atoms with E-state index in [2.05, 4.69) is 66.2 Å². The summed E-state index contributed by atoms with van der Waals surface area (Å²) < 4.78 is 2.30. The number of nitrogens with zero attached hydrogens (tertiary/aromatic N) is 1. The summed E-state index contributed by atoms with van der Waals surface area (Å²) in [5, 5.41) is 1.30. The first-order valence-electron chi connectivity index (χ1n) is 12.4. The Hall–Kier alpha value is -2.35. The van der Waals surface area contributed by atoms with Crippen LogP contribution in [0.25, 0.3) is 22.2 Å². The number of para-hydroxylation sites is 1. The lowest BCUT2D eigenvalue weighted by Crippen LogP contribution is -2.29. The molecule has 0 unspecified atom stereocenters. The predicted molar refractivity (Wildman–Crippen MR) is 129 cm³/mol. The monoisotopic (exact) mass is 413 g/mol. The minimum atomic E-state index is 0.349. The summed E-state index contributed by atoms with van der Waals surface area (Å²) in [6, 6.07) is 20.0. The van der Waals surface area contributed by atoms with Crippen LogP contribution in [0.4, 0.5) is 0 Å². The molecule has 2 aliphatic rings. The van der Waals surface area contributed by atoms with Crippen molar-refractivity contribution in [2.24, 2.45) is 24.8 Å². The van der Waals surface area contributed by atoms with Crippen LogP contribution in [0.2, 0.25) is 0 Å². The van der Waals surface area contributed by atoms with E-state index in [-0.39, 0.29) is 0 Å². The van der Waals surface area contributed by atoms with Crippen LogP contribution in [0.1, 0.15) is 63.4 Å². The predicted octanol–water partition coefficient (Wildman–Crippen LogP) is 7.34. The average molecular weight is 414 g/mol. The number of hydrogen-bond acceptors (Lipinski definition) is 1. The second-order valence-electron chi connectivity index (χ2n) is 10.0. The van der Waals surface area contributed by atoms with Gasteiger partial charge >= 0.3 is 0 Å². The summed E-state index contributed by atoms with van der Waals surface area (Å²) >= 11 is 0. The van der Waals surface area contributed by atoms with Crippen LogP contribution in [0.3, 0.4) is 0 Å². The molecule has 0 spiro atoms. The smallest absolute Gasteiger partial charge is 0.139 e. The molecule has 5 rings (SSSR count). The van der Waals surface area contributed by atoms with E-state index in [4.69, 9.17) is 0 Å². The molecule has 2 aliphatic carbocycles. The Kier molecular flexibility index (Phi) is 5.98. The molecule has 3 aromatic rings. The third kappa shape index (κ3) is 4.35. The molecule has 31 heavy (non-hydrogen) atoms. The normalized spacial score (nSPS) is 22.6. The molecule has 2 heteroatoms. The molecule has 0 atom stereocenters. The molecule has 2 fully saturated rings. The minimum absolute atomic E-state index is 0.349. The number of benzene rings is 2. The lowest BCUT2D eigenvalue weighted by Gasteiger charge is -2.31. The van der Waals surface area contributed by atoms with Crippen LogP contribution in [0.5, 0.6) is 0 Å². The molecular formula is C29H35NO. The molecule has 2 nitrogen and oxygen atoms in total. The molecule has 0 amide bonds. The van der Waals surface area contributed by atoms with Crippen LogP contribution >= 0.6 is 0 Å². The van der Waals surface area contributed by atoms with Gasteiger partial charge in [-0.25, -0.2) is 0 Å². The lowest BCUT2D eigenvalue weighted by molar-refractivity contribution is -0.129. The first-order chi connectivity index (χ1) is 15.2. The fraction of sp³-hybridized carbons (Fsp3) is 0.483. The van der Waals surface area contributed by atoms with E-state index in [9.17, 15) is 4.79 Å². The molecule has 0 saturated heterocycles. The number of ketones is 1. The van der Waals surface area contributed by atoms with E-state index >= 15 is 0 Å². The zero-order valence-corrected chi connectivity index (χ0v) is 18.9. The van der Waals surface area contributed by atoms with Crippen molar-refractivity contribution in [3.63, 3.8) is 0 Å². The maximum absolute atomic E-state index is 12.9. The summed E-state index contributed by atoms with van der Waals surface area (Å²) in [5.41, 5.74) is 5.30. The van der Waals surface area contributed by atoms with Crippen molar-refractivity contribution in [2.75, 3.05) is 0 Å². The summed E-state index contributed by atoms with van der Waals surface area (Å²) in [4.78, 5) is 12.9. The van der Waals surface area contributed by atoms with Gasteiger partial charge in [-0.1, -0.05) is 55.7 Å². The highest BCUT2D eigenvalue weighted by atomic mass is 16.1. The highest BCUT2D eigenvalue weighted by Crippen LogP contribution is 2.36. The summed E-state index contributed by atoms with van der Waals surface area (Å²) in [7, 11) is 2.16. The van der Waals surface area contributed by atoms with E-state index in [0.717, 1.165) is 38.0 Å². The quantitative estimate of drug-likeness (QED) is 0.429. The van der Waals surface area contributed by atoms with Crippen molar-refractivity contribution in [3.8, 4) is 11.3 Å². The Balaban J connectivity index is 1.23. The number of hydrogen-bond donors (Lipinski definition) is 0. The lowest BCUT2D eigenvalue weighted by atomic mass is 9.73. The first-order valence-corrected chi connectivity index (χ1v) is 12.4. The first kappa shape index (κ1) is 20.5. The highest BCUT2D eigenvalue weighted by molar-refractivity contribution is 5.87. The molecule has 162 valence electrons. The van der Waals surface area contributed by atoms with Crippen LogP contribution in [0, 0.1) is 17.8 Å². The van der Waals surface area contributed by atoms with Gasteiger partial charge in [-0.3, -0.25) is 4.79 Å². The van der Waals surface area contributed by atoms with Crippen molar-refractivity contribution in [1.29, 1.82) is 0 Å². The average Bonchev–Trinajstić information content (AvgIpc) is 3.17. The maximum Gasteiger partial charge on any atom is 0.139 e. The van der Waals surface area contributed by atoms with Gasteiger partial charge in [0.25, 0.3) is 0 Å². The van der Waals surface area contributed by atoms with E-state index < -0.39 is 0 Å². The number of aryl methyl sites for hydroxylation is 1. The van der Waals surface area contributed by atoms with Gasteiger partial charge < -0.3 is 4.57 Å². The van der Waals surface area contributed by atoms with Gasteiger partial charge in [0, 0.05) is 35.5 Å². The molecular weight excluding hydrogens is 378 g/mol. The summed E-state index contributed by atoms with van der Waals surface area (Å²) in [5.74, 6) is 2.06. The fourth-order valence-electron chi connectivity index (χ4n) is 6.13. The zero-order valence-electron chi connectivity index (χ0n) is 18.9. The topological polar surface area (TPSA) is 22.0 Å². The Bertz CT molecular complexity index is 1050. The van der Waals surface area contributed by atoms with Gasteiger partial charge in [0.05, 0.1) is 0 Å². The van der Waals surface area contributed by atoms with Crippen molar-refractivity contribution in [2.45, 2.75) is 64.2 Å². The number of rotatable bonds is 5. The standard InChI is InChI=1S/C29H35NO/c1-30-27-13-6-5-11-26(27)20-28(30)25-12-7-8-22(19-25)18-21-14-16-24(17-15-21)29(31)23-9-3-2-4-10-23/h5-8,11-13,19-21,23-24H,2-4,9-10,14-18H2,1H3. The van der Waals surface area contributed by atoms with Gasteiger partial charge in [-0.2, -0.15) is 0 Å².